The lowest BCUT2D eigenvalue weighted by Gasteiger charge is -2.10. The van der Waals surface area contributed by atoms with Crippen LogP contribution in [-0.4, -0.2) is 41.4 Å². The van der Waals surface area contributed by atoms with E-state index in [1.165, 1.54) is 24.3 Å². The molecule has 29 heavy (non-hydrogen) atoms. The number of nitrogens with one attached hydrogen (secondary N) is 3. The molecule has 0 saturated carbocycles. The zero-order chi connectivity index (χ0) is 20.4. The van der Waals surface area contributed by atoms with Gasteiger partial charge in [0.15, 0.2) is 5.13 Å². The molecule has 1 saturated heterocycles. The minimum absolute atomic E-state index is 0.0675. The fraction of sp³-hybridized carbons (Fsp3) is 0.278. The molecular formula is C18H14F3N5O2S. The second-order valence-electron chi connectivity index (χ2n) is 6.28. The van der Waals surface area contributed by atoms with Crippen LogP contribution in [0.25, 0.3) is 10.2 Å². The van der Waals surface area contributed by atoms with Crippen molar-refractivity contribution in [2.45, 2.75) is 18.8 Å². The highest BCUT2D eigenvalue weighted by Crippen LogP contribution is 2.32. The molecule has 0 bridgehead atoms. The summed E-state index contributed by atoms with van der Waals surface area (Å²) in [6.07, 6.45) is -1.36. The molecule has 4 rings (SSSR count). The number of benzene rings is 1. The number of carbonyl (C=O) groups is 1. The zero-order valence-corrected chi connectivity index (χ0v) is 15.6. The Morgan fingerprint density at radius 1 is 1.34 bits per heavy atom. The number of halogens is 3. The molecular weight excluding hydrogens is 407 g/mol. The van der Waals surface area contributed by atoms with Crippen LogP contribution in [0.4, 0.5) is 24.1 Å². The molecule has 2 aromatic heterocycles. The summed E-state index contributed by atoms with van der Waals surface area (Å²) in [6, 6.07) is 8.15. The van der Waals surface area contributed by atoms with Gasteiger partial charge in [0, 0.05) is 30.9 Å². The van der Waals surface area contributed by atoms with E-state index >= 15 is 0 Å². The average Bonchev–Trinajstić information content (AvgIpc) is 3.29. The summed E-state index contributed by atoms with van der Waals surface area (Å²) < 4.78 is 41.5. The van der Waals surface area contributed by atoms with Crippen LogP contribution in [0.15, 0.2) is 24.3 Å². The Morgan fingerprint density at radius 2 is 2.21 bits per heavy atom. The molecule has 0 aliphatic carbocycles. The summed E-state index contributed by atoms with van der Waals surface area (Å²) in [7, 11) is 0. The lowest BCUT2D eigenvalue weighted by molar-refractivity contribution is -0.274. The van der Waals surface area contributed by atoms with Crippen LogP contribution < -0.4 is 20.7 Å². The Balaban J connectivity index is 1.48. The summed E-state index contributed by atoms with van der Waals surface area (Å²) in [5.74, 6) is -0.274. The third-order valence-electron chi connectivity index (χ3n) is 4.12. The maximum absolute atomic E-state index is 12.4. The molecule has 3 aromatic rings. The molecule has 1 aliphatic rings. The number of nitrogens with zero attached hydrogens (tertiary/aromatic N) is 2. The summed E-state index contributed by atoms with van der Waals surface area (Å²) in [5.41, 5.74) is 0.779. The van der Waals surface area contributed by atoms with Crippen molar-refractivity contribution in [3.8, 4) is 5.75 Å². The molecule has 150 valence electrons. The van der Waals surface area contributed by atoms with Gasteiger partial charge < -0.3 is 20.7 Å². The van der Waals surface area contributed by atoms with E-state index in [1.54, 1.807) is 0 Å². The van der Waals surface area contributed by atoms with Crippen LogP contribution in [0.1, 0.15) is 16.8 Å². The molecule has 7 nitrogen and oxygen atoms in total. The van der Waals surface area contributed by atoms with Crippen molar-refractivity contribution >= 4 is 38.4 Å². The second kappa shape index (κ2) is 7.73. The van der Waals surface area contributed by atoms with Gasteiger partial charge >= 0.3 is 6.36 Å². The van der Waals surface area contributed by atoms with Gasteiger partial charge in [0.2, 0.25) is 0 Å². The van der Waals surface area contributed by atoms with Gasteiger partial charge in [0.25, 0.3) is 5.91 Å². The van der Waals surface area contributed by atoms with Crippen LogP contribution in [-0.2, 0) is 0 Å². The first-order chi connectivity index (χ1) is 13.9. The number of alkyl halides is 3. The van der Waals surface area contributed by atoms with Gasteiger partial charge in [0.05, 0.1) is 15.8 Å². The van der Waals surface area contributed by atoms with Crippen LogP contribution >= 0.6 is 11.3 Å². The molecule has 0 spiro atoms. The number of carbonyl (C=O) groups excluding carboxylic acids is 1. The fourth-order valence-corrected chi connectivity index (χ4v) is 3.75. The van der Waals surface area contributed by atoms with Crippen LogP contribution in [0, 0.1) is 12.3 Å². The number of amides is 1. The van der Waals surface area contributed by atoms with E-state index in [9.17, 15) is 18.0 Å². The molecule has 1 unspecified atom stereocenters. The molecule has 3 N–H and O–H groups in total. The van der Waals surface area contributed by atoms with Crippen molar-refractivity contribution in [1.82, 2.24) is 20.6 Å². The molecule has 1 atom stereocenters. The molecule has 1 aromatic carbocycles. The lowest BCUT2D eigenvalue weighted by atomic mass is 10.2. The molecule has 1 amide bonds. The van der Waals surface area contributed by atoms with Gasteiger partial charge in [-0.15, -0.1) is 13.2 Å². The van der Waals surface area contributed by atoms with Gasteiger partial charge in [-0.3, -0.25) is 4.79 Å². The number of aromatic nitrogens is 2. The first-order valence-electron chi connectivity index (χ1n) is 8.61. The SMILES string of the molecule is O=C(NC1CCNC1)c1c#cnc(Nc2nc3ccc(OC(F)(F)F)cc3s2)c1. The quantitative estimate of drug-likeness (QED) is 0.587. The largest absolute Gasteiger partial charge is 0.573 e. The molecule has 1 fully saturated rings. The standard InChI is InChI=1S/C18H14F3N5O2S/c19-18(20,21)28-12-1-2-13-14(8-12)29-17(25-13)26-15-7-10(3-6-23-15)16(27)24-11-4-5-22-9-11/h1-2,7-8,11,22H,4-5,9H2,(H,24,27)(H,23,25,26). The highest BCUT2D eigenvalue weighted by molar-refractivity contribution is 7.22. The normalized spacial score (nSPS) is 16.4. The van der Waals surface area contributed by atoms with E-state index in [2.05, 4.69) is 42.9 Å². The monoisotopic (exact) mass is 421 g/mol. The number of fused-ring (bicyclic) bond motifs is 1. The van der Waals surface area contributed by atoms with Crippen molar-refractivity contribution < 1.29 is 22.7 Å². The molecule has 11 heteroatoms. The van der Waals surface area contributed by atoms with Gasteiger partial charge in [0.1, 0.15) is 11.6 Å². The van der Waals surface area contributed by atoms with Crippen molar-refractivity contribution in [3.05, 3.63) is 42.1 Å². The number of rotatable bonds is 5. The van der Waals surface area contributed by atoms with E-state index in [0.717, 1.165) is 30.8 Å². The van der Waals surface area contributed by atoms with E-state index < -0.39 is 6.36 Å². The number of thiazole rings is 1. The number of hydrogen-bond acceptors (Lipinski definition) is 7. The lowest BCUT2D eigenvalue weighted by Crippen LogP contribution is -2.36. The van der Waals surface area contributed by atoms with Crippen molar-refractivity contribution in [2.24, 2.45) is 0 Å². The predicted molar refractivity (Wildman–Crippen MR) is 100 cm³/mol. The van der Waals surface area contributed by atoms with Gasteiger partial charge in [-0.2, -0.15) is 4.98 Å². The van der Waals surface area contributed by atoms with Crippen molar-refractivity contribution in [2.75, 3.05) is 18.4 Å². The first kappa shape index (κ1) is 19.2. The third kappa shape index (κ3) is 4.85. The Kier molecular flexibility index (Phi) is 5.12. The van der Waals surface area contributed by atoms with E-state index in [-0.39, 0.29) is 23.3 Å². The molecule has 0 radical (unpaired) electrons. The van der Waals surface area contributed by atoms with Crippen molar-refractivity contribution in [1.29, 1.82) is 0 Å². The van der Waals surface area contributed by atoms with E-state index in [4.69, 9.17) is 0 Å². The van der Waals surface area contributed by atoms with Gasteiger partial charge in [-0.1, -0.05) is 11.3 Å². The van der Waals surface area contributed by atoms with Gasteiger partial charge in [-0.05, 0) is 31.2 Å². The smallest absolute Gasteiger partial charge is 0.406 e. The maximum atomic E-state index is 12.4. The minimum atomic E-state index is -4.76. The maximum Gasteiger partial charge on any atom is 0.573 e. The molecule has 1 aliphatic heterocycles. The Bertz CT molecular complexity index is 1030. The van der Waals surface area contributed by atoms with Crippen LogP contribution in [0.3, 0.4) is 0 Å². The minimum Gasteiger partial charge on any atom is -0.406 e. The van der Waals surface area contributed by atoms with E-state index in [1.807, 2.05) is 0 Å². The predicted octanol–water partition coefficient (Wildman–Crippen LogP) is 3.03. The van der Waals surface area contributed by atoms with E-state index in [0.29, 0.717) is 21.2 Å². The Labute approximate surface area is 167 Å². The summed E-state index contributed by atoms with van der Waals surface area (Å²) >= 11 is 1.13. The summed E-state index contributed by atoms with van der Waals surface area (Å²) in [5, 5.41) is 9.42. The highest BCUT2D eigenvalue weighted by atomic mass is 32.1. The average molecular weight is 421 g/mol. The first-order valence-corrected chi connectivity index (χ1v) is 9.43. The van der Waals surface area contributed by atoms with Crippen LogP contribution in [0.5, 0.6) is 5.75 Å². The number of hydrogen-bond donors (Lipinski definition) is 3. The summed E-state index contributed by atoms with van der Waals surface area (Å²) in [6.45, 7) is 1.58. The molecule has 3 heterocycles. The Hall–Kier alpha value is -3.10. The fourth-order valence-electron chi connectivity index (χ4n) is 2.85. The second-order valence-corrected chi connectivity index (χ2v) is 7.31. The summed E-state index contributed by atoms with van der Waals surface area (Å²) in [4.78, 5) is 20.6. The number of ether oxygens (including phenoxy) is 1. The van der Waals surface area contributed by atoms with Crippen molar-refractivity contribution in [3.63, 3.8) is 0 Å². The van der Waals surface area contributed by atoms with Gasteiger partial charge in [-0.25, -0.2) is 4.98 Å². The van der Waals surface area contributed by atoms with Crippen LogP contribution in [0.2, 0.25) is 0 Å². The Morgan fingerprint density at radius 3 is 2.97 bits per heavy atom. The topological polar surface area (TPSA) is 88.2 Å². The highest BCUT2D eigenvalue weighted by Gasteiger charge is 2.31. The zero-order valence-electron chi connectivity index (χ0n) is 14.8. The number of anilines is 2. The third-order valence-corrected chi connectivity index (χ3v) is 5.05.